The van der Waals surface area contributed by atoms with Crippen molar-refractivity contribution in [3.8, 4) is 11.4 Å². The number of imidazole rings is 1. The summed E-state index contributed by atoms with van der Waals surface area (Å²) in [5.74, 6) is -0.599. The summed E-state index contributed by atoms with van der Waals surface area (Å²) in [4.78, 5) is 12.0. The van der Waals surface area contributed by atoms with Crippen LogP contribution >= 0.6 is 0 Å². The van der Waals surface area contributed by atoms with E-state index in [2.05, 4.69) is 10.1 Å². The number of benzene rings is 2. The molecule has 0 saturated carbocycles. The zero-order chi connectivity index (χ0) is 25.0. The SMILES string of the molecule is COCCCN1C(/C=C/c2ccc(-n3cnc(C)c3)c(OC)c2)=NOC1(C)c1ccc(F)c(F)c1. The smallest absolute Gasteiger partial charge is 0.234 e. The van der Waals surface area contributed by atoms with E-state index in [4.69, 9.17) is 14.3 Å². The maximum Gasteiger partial charge on any atom is 0.234 e. The number of amidine groups is 1. The van der Waals surface area contributed by atoms with Gasteiger partial charge in [0, 0.05) is 38.9 Å². The van der Waals surface area contributed by atoms with Gasteiger partial charge in [0.1, 0.15) is 5.75 Å². The highest BCUT2D eigenvalue weighted by Crippen LogP contribution is 2.36. The van der Waals surface area contributed by atoms with Gasteiger partial charge >= 0.3 is 0 Å². The Bertz CT molecular complexity index is 1260. The van der Waals surface area contributed by atoms with Crippen molar-refractivity contribution >= 4 is 11.9 Å². The van der Waals surface area contributed by atoms with Gasteiger partial charge in [-0.3, -0.25) is 0 Å². The molecule has 35 heavy (non-hydrogen) atoms. The lowest BCUT2D eigenvalue weighted by atomic mass is 10.0. The van der Waals surface area contributed by atoms with Gasteiger partial charge in [0.2, 0.25) is 5.72 Å². The number of halogens is 2. The van der Waals surface area contributed by atoms with Gasteiger partial charge < -0.3 is 23.8 Å². The van der Waals surface area contributed by atoms with Crippen LogP contribution in [0.5, 0.6) is 5.75 Å². The van der Waals surface area contributed by atoms with E-state index < -0.39 is 17.4 Å². The highest BCUT2D eigenvalue weighted by atomic mass is 19.2. The molecule has 1 atom stereocenters. The van der Waals surface area contributed by atoms with E-state index in [1.807, 2.05) is 52.9 Å². The summed E-state index contributed by atoms with van der Waals surface area (Å²) in [7, 11) is 3.25. The Kier molecular flexibility index (Phi) is 7.16. The number of aryl methyl sites for hydroxylation is 1. The predicted octanol–water partition coefficient (Wildman–Crippen LogP) is 5.04. The Labute approximate surface area is 203 Å². The Morgan fingerprint density at radius 1 is 1.09 bits per heavy atom. The first-order valence-electron chi connectivity index (χ1n) is 11.2. The van der Waals surface area contributed by atoms with Gasteiger partial charge in [-0.2, -0.15) is 0 Å². The third-order valence-electron chi connectivity index (χ3n) is 5.91. The van der Waals surface area contributed by atoms with E-state index in [1.165, 1.54) is 6.07 Å². The van der Waals surface area contributed by atoms with Crippen LogP contribution in [0.2, 0.25) is 0 Å². The van der Waals surface area contributed by atoms with Crippen molar-refractivity contribution in [1.82, 2.24) is 14.5 Å². The molecule has 0 saturated heterocycles. The first-order chi connectivity index (χ1) is 16.9. The minimum atomic E-state index is -1.09. The van der Waals surface area contributed by atoms with E-state index in [1.54, 1.807) is 27.5 Å². The lowest BCUT2D eigenvalue weighted by Gasteiger charge is -2.34. The zero-order valence-corrected chi connectivity index (χ0v) is 20.2. The summed E-state index contributed by atoms with van der Waals surface area (Å²) in [5, 5.41) is 4.26. The monoisotopic (exact) mass is 482 g/mol. The van der Waals surface area contributed by atoms with E-state index in [0.717, 1.165) is 29.1 Å². The molecule has 0 N–H and O–H groups in total. The molecule has 0 spiro atoms. The lowest BCUT2D eigenvalue weighted by Crippen LogP contribution is -2.44. The molecule has 0 radical (unpaired) electrons. The molecule has 9 heteroatoms. The molecule has 0 fully saturated rings. The highest BCUT2D eigenvalue weighted by molar-refractivity contribution is 5.97. The molecule has 4 rings (SSSR count). The van der Waals surface area contributed by atoms with Crippen molar-refractivity contribution in [2.45, 2.75) is 26.0 Å². The molecule has 1 aromatic heterocycles. The van der Waals surface area contributed by atoms with Crippen molar-refractivity contribution in [3.05, 3.63) is 83.5 Å². The molecule has 7 nitrogen and oxygen atoms in total. The Morgan fingerprint density at radius 2 is 1.91 bits per heavy atom. The van der Waals surface area contributed by atoms with E-state index in [0.29, 0.717) is 36.7 Å². The van der Waals surface area contributed by atoms with Crippen molar-refractivity contribution in [2.24, 2.45) is 5.16 Å². The van der Waals surface area contributed by atoms with Gasteiger partial charge in [0.15, 0.2) is 17.5 Å². The second-order valence-electron chi connectivity index (χ2n) is 8.34. The van der Waals surface area contributed by atoms with Crippen LogP contribution in [0.3, 0.4) is 0 Å². The van der Waals surface area contributed by atoms with Crippen LogP contribution in [0.25, 0.3) is 11.8 Å². The minimum Gasteiger partial charge on any atom is -0.495 e. The average Bonchev–Trinajstić information content (AvgIpc) is 3.43. The number of rotatable bonds is 9. The molecule has 184 valence electrons. The number of nitrogens with zero attached hydrogens (tertiary/aromatic N) is 4. The second-order valence-corrected chi connectivity index (χ2v) is 8.34. The van der Waals surface area contributed by atoms with Gasteiger partial charge in [-0.25, -0.2) is 13.8 Å². The fourth-order valence-corrected chi connectivity index (χ4v) is 4.00. The summed E-state index contributed by atoms with van der Waals surface area (Å²) >= 11 is 0. The average molecular weight is 483 g/mol. The molecular formula is C26H28F2N4O3. The molecule has 2 heterocycles. The Balaban J connectivity index is 1.60. The molecule has 1 unspecified atom stereocenters. The van der Waals surface area contributed by atoms with Gasteiger partial charge in [-0.05, 0) is 55.3 Å². The topological polar surface area (TPSA) is 61.1 Å². The standard InChI is InChI=1S/C26H28F2N4O3/c1-18-16-31(17-29-18)23-10-6-19(14-24(23)34-4)7-11-25-30-35-26(2,32(25)12-5-13-33-3)20-8-9-21(27)22(28)15-20/h6-11,14-17H,5,12-13H2,1-4H3/b11-7+. The van der Waals surface area contributed by atoms with Crippen LogP contribution in [0.15, 0.2) is 60.2 Å². The highest BCUT2D eigenvalue weighted by Gasteiger charge is 2.42. The van der Waals surface area contributed by atoms with Crippen molar-refractivity contribution in [3.63, 3.8) is 0 Å². The number of aromatic nitrogens is 2. The molecule has 0 amide bonds. The van der Waals surface area contributed by atoms with Crippen LogP contribution in [-0.4, -0.2) is 47.7 Å². The first-order valence-corrected chi connectivity index (χ1v) is 11.2. The van der Waals surface area contributed by atoms with Crippen LogP contribution in [0.4, 0.5) is 8.78 Å². The quantitative estimate of drug-likeness (QED) is 0.400. The van der Waals surface area contributed by atoms with Crippen LogP contribution in [0, 0.1) is 18.6 Å². The summed E-state index contributed by atoms with van der Waals surface area (Å²) in [6.45, 7) is 4.78. The van der Waals surface area contributed by atoms with E-state index >= 15 is 0 Å². The Hall–Kier alpha value is -3.72. The summed E-state index contributed by atoms with van der Waals surface area (Å²) in [6.07, 6.45) is 8.08. The summed E-state index contributed by atoms with van der Waals surface area (Å²) < 4.78 is 40.2. The lowest BCUT2D eigenvalue weighted by molar-refractivity contribution is -0.0916. The maximum atomic E-state index is 14.0. The summed E-state index contributed by atoms with van der Waals surface area (Å²) in [6, 6.07) is 9.57. The van der Waals surface area contributed by atoms with Gasteiger partial charge in [-0.1, -0.05) is 17.3 Å². The van der Waals surface area contributed by atoms with Crippen LogP contribution in [-0.2, 0) is 15.3 Å². The molecule has 3 aromatic rings. The fourth-order valence-electron chi connectivity index (χ4n) is 4.00. The van der Waals surface area contributed by atoms with Gasteiger partial charge in [-0.15, -0.1) is 0 Å². The first kappa shape index (κ1) is 24.4. The number of methoxy groups -OCH3 is 2. The second kappa shape index (κ2) is 10.3. The predicted molar refractivity (Wildman–Crippen MR) is 129 cm³/mol. The molecule has 2 aromatic carbocycles. The zero-order valence-electron chi connectivity index (χ0n) is 20.2. The van der Waals surface area contributed by atoms with Crippen LogP contribution < -0.4 is 4.74 Å². The number of hydrogen-bond donors (Lipinski definition) is 0. The number of hydrogen-bond acceptors (Lipinski definition) is 6. The van der Waals surface area contributed by atoms with Crippen molar-refractivity contribution in [2.75, 3.05) is 27.4 Å². The largest absolute Gasteiger partial charge is 0.495 e. The molecular weight excluding hydrogens is 454 g/mol. The van der Waals surface area contributed by atoms with Gasteiger partial charge in [0.05, 0.1) is 24.8 Å². The third kappa shape index (κ3) is 5.05. The number of ether oxygens (including phenoxy) is 2. The third-order valence-corrected chi connectivity index (χ3v) is 5.91. The fraction of sp³-hybridized carbons (Fsp3) is 0.308. The van der Waals surface area contributed by atoms with Crippen LogP contribution in [0.1, 0.15) is 30.2 Å². The van der Waals surface area contributed by atoms with Gasteiger partial charge in [0.25, 0.3) is 0 Å². The molecule has 0 bridgehead atoms. The normalized spacial score (nSPS) is 17.7. The maximum absolute atomic E-state index is 14.0. The van der Waals surface area contributed by atoms with Crippen molar-refractivity contribution in [1.29, 1.82) is 0 Å². The number of oxime groups is 1. The molecule has 1 aliphatic rings. The summed E-state index contributed by atoms with van der Waals surface area (Å²) in [5.41, 5.74) is 2.04. The molecule has 0 aliphatic carbocycles. The Morgan fingerprint density at radius 3 is 2.60 bits per heavy atom. The van der Waals surface area contributed by atoms with E-state index in [-0.39, 0.29) is 0 Å². The van der Waals surface area contributed by atoms with Crippen molar-refractivity contribution < 1.29 is 23.1 Å². The van der Waals surface area contributed by atoms with E-state index in [9.17, 15) is 8.78 Å². The minimum absolute atomic E-state index is 0.461. The molecule has 1 aliphatic heterocycles.